The standard InChI is InChI=1S/C15H19ClN4/c1-11(2)15-18-13(16)10-14(19-15)20(3)9-6-12-4-7-17-8-5-12/h4-5,7-8,10-11H,6,9H2,1-3H3. The van der Waals surface area contributed by atoms with Crippen LogP contribution in [0.4, 0.5) is 5.82 Å². The zero-order chi connectivity index (χ0) is 14.5. The van der Waals surface area contributed by atoms with Gasteiger partial charge >= 0.3 is 0 Å². The van der Waals surface area contributed by atoms with Crippen molar-refractivity contribution < 1.29 is 0 Å². The molecule has 0 radical (unpaired) electrons. The van der Waals surface area contributed by atoms with Gasteiger partial charge in [0.25, 0.3) is 0 Å². The van der Waals surface area contributed by atoms with E-state index in [0.717, 1.165) is 24.6 Å². The Balaban J connectivity index is 2.07. The van der Waals surface area contributed by atoms with Gasteiger partial charge < -0.3 is 4.90 Å². The van der Waals surface area contributed by atoms with Crippen molar-refractivity contribution >= 4 is 17.4 Å². The molecule has 106 valence electrons. The number of pyridine rings is 1. The molecule has 0 saturated heterocycles. The van der Waals surface area contributed by atoms with Crippen molar-refractivity contribution in [2.24, 2.45) is 0 Å². The molecule has 2 rings (SSSR count). The predicted octanol–water partition coefficient (Wildman–Crippen LogP) is 3.33. The van der Waals surface area contributed by atoms with Crippen LogP contribution < -0.4 is 4.90 Å². The summed E-state index contributed by atoms with van der Waals surface area (Å²) in [6.45, 7) is 4.99. The summed E-state index contributed by atoms with van der Waals surface area (Å²) in [5.74, 6) is 1.91. The quantitative estimate of drug-likeness (QED) is 0.792. The Morgan fingerprint density at radius 2 is 1.90 bits per heavy atom. The molecule has 0 aromatic carbocycles. The molecule has 20 heavy (non-hydrogen) atoms. The van der Waals surface area contributed by atoms with Gasteiger partial charge in [-0.2, -0.15) is 0 Å². The molecule has 0 spiro atoms. The van der Waals surface area contributed by atoms with Crippen LogP contribution in [0.2, 0.25) is 5.15 Å². The van der Waals surface area contributed by atoms with Crippen molar-refractivity contribution in [2.75, 3.05) is 18.5 Å². The molecule has 0 saturated carbocycles. The molecule has 0 aliphatic carbocycles. The van der Waals surface area contributed by atoms with Gasteiger partial charge in [0.2, 0.25) is 0 Å². The monoisotopic (exact) mass is 290 g/mol. The van der Waals surface area contributed by atoms with Crippen LogP contribution in [0.3, 0.4) is 0 Å². The van der Waals surface area contributed by atoms with E-state index in [1.165, 1.54) is 5.56 Å². The normalized spacial score (nSPS) is 10.8. The van der Waals surface area contributed by atoms with E-state index in [1.54, 1.807) is 6.07 Å². The molecule has 5 heteroatoms. The third-order valence-corrected chi connectivity index (χ3v) is 3.29. The zero-order valence-electron chi connectivity index (χ0n) is 12.0. The van der Waals surface area contributed by atoms with Crippen LogP contribution in [0.15, 0.2) is 30.6 Å². The largest absolute Gasteiger partial charge is 0.359 e. The Morgan fingerprint density at radius 3 is 2.55 bits per heavy atom. The lowest BCUT2D eigenvalue weighted by atomic mass is 10.2. The molecule has 0 amide bonds. The number of rotatable bonds is 5. The van der Waals surface area contributed by atoms with Crippen molar-refractivity contribution in [3.05, 3.63) is 47.1 Å². The topological polar surface area (TPSA) is 41.9 Å². The number of halogens is 1. The Bertz CT molecular complexity index is 557. The maximum atomic E-state index is 6.07. The van der Waals surface area contributed by atoms with Crippen LogP contribution in [0.25, 0.3) is 0 Å². The van der Waals surface area contributed by atoms with Gasteiger partial charge in [-0.25, -0.2) is 9.97 Å². The van der Waals surface area contributed by atoms with Crippen LogP contribution in [-0.2, 0) is 6.42 Å². The van der Waals surface area contributed by atoms with Gasteiger partial charge in [-0.15, -0.1) is 0 Å². The highest BCUT2D eigenvalue weighted by Crippen LogP contribution is 2.19. The highest BCUT2D eigenvalue weighted by atomic mass is 35.5. The van der Waals surface area contributed by atoms with Crippen LogP contribution in [0, 0.1) is 0 Å². The number of aromatic nitrogens is 3. The SMILES string of the molecule is CC(C)c1nc(Cl)cc(N(C)CCc2ccncc2)n1. The first-order valence-corrected chi connectivity index (χ1v) is 7.08. The van der Waals surface area contributed by atoms with Crippen molar-refractivity contribution in [3.63, 3.8) is 0 Å². The summed E-state index contributed by atoms with van der Waals surface area (Å²) >= 11 is 6.07. The lowest BCUT2D eigenvalue weighted by Gasteiger charge is -2.19. The third kappa shape index (κ3) is 3.90. The van der Waals surface area contributed by atoms with Gasteiger partial charge in [0.05, 0.1) is 0 Å². The fraction of sp³-hybridized carbons (Fsp3) is 0.400. The van der Waals surface area contributed by atoms with Crippen LogP contribution in [0.1, 0.15) is 31.2 Å². The Morgan fingerprint density at radius 1 is 1.20 bits per heavy atom. The summed E-state index contributed by atoms with van der Waals surface area (Å²) in [6.07, 6.45) is 4.57. The minimum absolute atomic E-state index is 0.265. The van der Waals surface area contributed by atoms with E-state index in [0.29, 0.717) is 5.15 Å². The van der Waals surface area contributed by atoms with Gasteiger partial charge in [0.15, 0.2) is 0 Å². The second-order valence-electron chi connectivity index (χ2n) is 5.09. The maximum Gasteiger partial charge on any atom is 0.135 e. The Hall–Kier alpha value is -1.68. The van der Waals surface area contributed by atoms with Crippen molar-refractivity contribution in [1.29, 1.82) is 0 Å². The number of hydrogen-bond donors (Lipinski definition) is 0. The van der Waals surface area contributed by atoms with E-state index >= 15 is 0 Å². The second kappa shape index (κ2) is 6.66. The first-order valence-electron chi connectivity index (χ1n) is 6.71. The fourth-order valence-electron chi connectivity index (χ4n) is 1.84. The van der Waals surface area contributed by atoms with Crippen molar-refractivity contribution in [2.45, 2.75) is 26.2 Å². The average Bonchev–Trinajstić information content (AvgIpc) is 2.45. The third-order valence-electron chi connectivity index (χ3n) is 3.09. The van der Waals surface area contributed by atoms with E-state index < -0.39 is 0 Å². The number of hydrogen-bond acceptors (Lipinski definition) is 4. The molecule has 0 fully saturated rings. The molecule has 0 aliphatic heterocycles. The van der Waals surface area contributed by atoms with E-state index in [-0.39, 0.29) is 5.92 Å². The zero-order valence-corrected chi connectivity index (χ0v) is 12.8. The molecule has 0 unspecified atom stereocenters. The number of anilines is 1. The molecule has 2 aromatic heterocycles. The maximum absolute atomic E-state index is 6.07. The summed E-state index contributed by atoms with van der Waals surface area (Å²) in [5, 5.41) is 0.495. The molecule has 4 nitrogen and oxygen atoms in total. The van der Waals surface area contributed by atoms with Gasteiger partial charge in [-0.05, 0) is 24.1 Å². The summed E-state index contributed by atoms with van der Waals surface area (Å²) in [7, 11) is 2.02. The van der Waals surface area contributed by atoms with Gasteiger partial charge in [0.1, 0.15) is 16.8 Å². The first kappa shape index (κ1) is 14.7. The molecule has 0 atom stereocenters. The van der Waals surface area contributed by atoms with Crippen LogP contribution in [-0.4, -0.2) is 28.5 Å². The van der Waals surface area contributed by atoms with Crippen LogP contribution in [0.5, 0.6) is 0 Å². The Labute approximate surface area is 124 Å². The van der Waals surface area contributed by atoms with E-state index in [1.807, 2.05) is 31.6 Å². The number of likely N-dealkylation sites (N-methyl/N-ethyl adjacent to an activating group) is 1. The minimum Gasteiger partial charge on any atom is -0.359 e. The summed E-state index contributed by atoms with van der Waals surface area (Å²) in [5.41, 5.74) is 1.26. The summed E-state index contributed by atoms with van der Waals surface area (Å²) in [4.78, 5) is 14.9. The molecule has 2 heterocycles. The van der Waals surface area contributed by atoms with Gasteiger partial charge in [0, 0.05) is 38.0 Å². The van der Waals surface area contributed by atoms with Crippen molar-refractivity contribution in [3.8, 4) is 0 Å². The fourth-order valence-corrected chi connectivity index (χ4v) is 2.02. The minimum atomic E-state index is 0.265. The summed E-state index contributed by atoms with van der Waals surface area (Å²) in [6, 6.07) is 5.86. The van der Waals surface area contributed by atoms with E-state index in [4.69, 9.17) is 11.6 Å². The van der Waals surface area contributed by atoms with Gasteiger partial charge in [-0.1, -0.05) is 25.4 Å². The average molecular weight is 291 g/mol. The van der Waals surface area contributed by atoms with E-state index in [9.17, 15) is 0 Å². The molecular formula is C15H19ClN4. The lowest BCUT2D eigenvalue weighted by Crippen LogP contribution is -2.22. The second-order valence-corrected chi connectivity index (χ2v) is 5.48. The molecular weight excluding hydrogens is 272 g/mol. The van der Waals surface area contributed by atoms with Crippen LogP contribution >= 0.6 is 11.6 Å². The van der Waals surface area contributed by atoms with E-state index in [2.05, 4.69) is 33.7 Å². The molecule has 0 N–H and O–H groups in total. The highest BCUT2D eigenvalue weighted by Gasteiger charge is 2.10. The highest BCUT2D eigenvalue weighted by molar-refractivity contribution is 6.29. The predicted molar refractivity (Wildman–Crippen MR) is 82.3 cm³/mol. The Kier molecular flexibility index (Phi) is 4.90. The molecule has 0 bridgehead atoms. The lowest BCUT2D eigenvalue weighted by molar-refractivity contribution is 0.760. The smallest absolute Gasteiger partial charge is 0.135 e. The van der Waals surface area contributed by atoms with Gasteiger partial charge in [-0.3, -0.25) is 4.98 Å². The molecule has 0 aliphatic rings. The molecule has 2 aromatic rings. The summed E-state index contributed by atoms with van der Waals surface area (Å²) < 4.78 is 0. The number of nitrogens with zero attached hydrogens (tertiary/aromatic N) is 4. The van der Waals surface area contributed by atoms with Crippen molar-refractivity contribution in [1.82, 2.24) is 15.0 Å². The first-order chi connectivity index (χ1) is 9.56.